The van der Waals surface area contributed by atoms with Crippen molar-refractivity contribution in [1.29, 1.82) is 0 Å². The first kappa shape index (κ1) is 30.2. The fourth-order valence-electron chi connectivity index (χ4n) is 3.56. The number of carboxylic acids is 3. The van der Waals surface area contributed by atoms with Crippen LogP contribution in [-0.4, -0.2) is 48.2 Å². The van der Waals surface area contributed by atoms with Crippen molar-refractivity contribution in [3.63, 3.8) is 0 Å². The molecule has 6 aromatic rings. The van der Waals surface area contributed by atoms with Crippen LogP contribution in [0.3, 0.4) is 0 Å². The van der Waals surface area contributed by atoms with Gasteiger partial charge >= 0.3 is 17.9 Å². The first-order valence-corrected chi connectivity index (χ1v) is 11.6. The van der Waals surface area contributed by atoms with E-state index in [0.29, 0.717) is 16.6 Å². The van der Waals surface area contributed by atoms with Crippen LogP contribution in [0.15, 0.2) is 109 Å². The average molecular weight is 677 g/mol. The summed E-state index contributed by atoms with van der Waals surface area (Å²) >= 11 is 0. The Morgan fingerprint density at radius 2 is 0.650 bits per heavy atom. The van der Waals surface area contributed by atoms with Crippen molar-refractivity contribution >= 4 is 50.6 Å². The maximum absolute atomic E-state index is 10.6. The molecule has 3 heterocycles. The van der Waals surface area contributed by atoms with Crippen LogP contribution in [-0.2, 0) is 0 Å². The number of hydrogen-bond donors (Lipinski definition) is 3. The third-order valence-corrected chi connectivity index (χ3v) is 5.45. The molecule has 0 aliphatic heterocycles. The van der Waals surface area contributed by atoms with E-state index in [9.17, 15) is 14.4 Å². The van der Waals surface area contributed by atoms with Gasteiger partial charge in [-0.3, -0.25) is 0 Å². The summed E-state index contributed by atoms with van der Waals surface area (Å²) < 4.78 is 0. The van der Waals surface area contributed by atoms with Gasteiger partial charge in [0, 0.05) is 56.1 Å². The van der Waals surface area contributed by atoms with Gasteiger partial charge in [-0.25, -0.2) is 29.3 Å². The summed E-state index contributed by atoms with van der Waals surface area (Å²) in [4.78, 5) is 43.7. The molecule has 9 nitrogen and oxygen atoms in total. The molecule has 0 amide bonds. The van der Waals surface area contributed by atoms with Gasteiger partial charge in [-0.2, -0.15) is 0 Å². The van der Waals surface area contributed by atoms with Gasteiger partial charge in [-0.05, 0) is 36.4 Å². The minimum atomic E-state index is -0.995. The number of nitrogens with zero attached hydrogens (tertiary/aromatic N) is 3. The number of para-hydroxylation sites is 3. The molecule has 3 aromatic carbocycles. The Morgan fingerprint density at radius 1 is 0.400 bits per heavy atom. The zero-order valence-electron chi connectivity index (χ0n) is 20.7. The quantitative estimate of drug-likeness (QED) is 0.211. The summed E-state index contributed by atoms with van der Waals surface area (Å²) in [5.74, 6) is -2.98. The van der Waals surface area contributed by atoms with Crippen molar-refractivity contribution < 1.29 is 69.6 Å². The van der Waals surface area contributed by atoms with Crippen molar-refractivity contribution in [2.75, 3.05) is 0 Å². The maximum atomic E-state index is 10.6. The SMILES string of the molecule is O=C(O)c1ccc2ccccc2n1.O=C(O)c1ccc2ccccc2n1.O=C(O)c1ccc2ccccc2n1.[Gd]. The number of carbonyl (C=O) groups is 3. The van der Waals surface area contributed by atoms with Gasteiger partial charge in [0.05, 0.1) is 16.6 Å². The topological polar surface area (TPSA) is 151 Å². The Kier molecular flexibility index (Phi) is 10.7. The van der Waals surface area contributed by atoms with Crippen LogP contribution in [0.25, 0.3) is 32.7 Å². The van der Waals surface area contributed by atoms with Crippen LogP contribution in [0.5, 0.6) is 0 Å². The number of pyridine rings is 3. The molecule has 0 atom stereocenters. The molecular formula is C30H21GdN3O6. The summed E-state index contributed by atoms with van der Waals surface area (Å²) in [5.41, 5.74) is 2.38. The van der Waals surface area contributed by atoms with E-state index in [-0.39, 0.29) is 57.0 Å². The maximum Gasteiger partial charge on any atom is 0.354 e. The second kappa shape index (κ2) is 14.1. The number of aromatic carboxylic acids is 3. The van der Waals surface area contributed by atoms with E-state index in [4.69, 9.17) is 15.3 Å². The molecule has 0 spiro atoms. The zero-order chi connectivity index (χ0) is 27.8. The van der Waals surface area contributed by atoms with Crippen LogP contribution in [0.1, 0.15) is 31.5 Å². The third-order valence-electron chi connectivity index (χ3n) is 5.45. The third kappa shape index (κ3) is 7.83. The number of aromatic nitrogens is 3. The van der Waals surface area contributed by atoms with E-state index < -0.39 is 17.9 Å². The van der Waals surface area contributed by atoms with Crippen LogP contribution >= 0.6 is 0 Å². The summed E-state index contributed by atoms with van der Waals surface area (Å²) in [6.45, 7) is 0. The molecule has 3 aromatic heterocycles. The molecule has 0 radical (unpaired) electrons. The first-order valence-electron chi connectivity index (χ1n) is 11.6. The molecular weight excluding hydrogens is 656 g/mol. The van der Waals surface area contributed by atoms with E-state index in [0.717, 1.165) is 16.2 Å². The fourth-order valence-corrected chi connectivity index (χ4v) is 3.56. The normalized spacial score (nSPS) is 9.90. The molecule has 10 heteroatoms. The molecule has 3 N–H and O–H groups in total. The smallest absolute Gasteiger partial charge is 0.354 e. The number of benzene rings is 3. The van der Waals surface area contributed by atoms with Crippen LogP contribution < -0.4 is 0 Å². The molecule has 40 heavy (non-hydrogen) atoms. The van der Waals surface area contributed by atoms with E-state index in [1.54, 1.807) is 36.4 Å². The van der Waals surface area contributed by atoms with Crippen LogP contribution in [0.2, 0.25) is 0 Å². The minimum Gasteiger partial charge on any atom is -0.477 e. The molecule has 6 rings (SSSR count). The number of fused-ring (bicyclic) bond motifs is 3. The van der Waals surface area contributed by atoms with Crippen molar-refractivity contribution in [2.45, 2.75) is 0 Å². The van der Waals surface area contributed by atoms with Gasteiger partial charge in [0.15, 0.2) is 0 Å². The van der Waals surface area contributed by atoms with Crippen LogP contribution in [0.4, 0.5) is 0 Å². The van der Waals surface area contributed by atoms with E-state index in [1.807, 2.05) is 54.6 Å². The molecule has 0 aliphatic rings. The van der Waals surface area contributed by atoms with E-state index in [1.165, 1.54) is 18.2 Å². The molecule has 0 saturated carbocycles. The second-order valence-electron chi connectivity index (χ2n) is 8.08. The standard InChI is InChI=1S/3C10H7NO2.Gd/c3*12-10(13)9-6-5-7-3-1-2-4-8(7)11-9;/h3*1-6H,(H,12,13);. The van der Waals surface area contributed by atoms with Crippen molar-refractivity contribution in [2.24, 2.45) is 0 Å². The number of rotatable bonds is 3. The van der Waals surface area contributed by atoms with E-state index in [2.05, 4.69) is 15.0 Å². The first-order chi connectivity index (χ1) is 18.8. The van der Waals surface area contributed by atoms with Crippen molar-refractivity contribution in [1.82, 2.24) is 15.0 Å². The minimum absolute atomic E-state index is 0. The molecule has 0 saturated heterocycles. The summed E-state index contributed by atoms with van der Waals surface area (Å²) in [6, 6.07) is 32.0. The van der Waals surface area contributed by atoms with Gasteiger partial charge in [0.2, 0.25) is 0 Å². The van der Waals surface area contributed by atoms with Gasteiger partial charge in [-0.15, -0.1) is 0 Å². The zero-order valence-corrected chi connectivity index (χ0v) is 22.9. The summed E-state index contributed by atoms with van der Waals surface area (Å²) in [6.07, 6.45) is 0. The predicted octanol–water partition coefficient (Wildman–Crippen LogP) is 5.80. The number of carboxylic acid groups (broad SMARTS) is 3. The molecule has 0 fully saturated rings. The monoisotopic (exact) mass is 677 g/mol. The number of hydrogen-bond acceptors (Lipinski definition) is 6. The molecule has 0 unspecified atom stereocenters. The average Bonchev–Trinajstić information content (AvgIpc) is 2.97. The summed E-state index contributed by atoms with van der Waals surface area (Å²) in [5, 5.41) is 28.9. The van der Waals surface area contributed by atoms with Gasteiger partial charge in [0.1, 0.15) is 17.1 Å². The fraction of sp³-hybridized carbons (Fsp3) is 0. The molecule has 0 aliphatic carbocycles. The Labute approximate surface area is 259 Å². The van der Waals surface area contributed by atoms with Gasteiger partial charge in [-0.1, -0.05) is 72.8 Å². The molecule has 200 valence electrons. The second-order valence-corrected chi connectivity index (χ2v) is 8.08. The predicted molar refractivity (Wildman–Crippen MR) is 146 cm³/mol. The van der Waals surface area contributed by atoms with Crippen molar-refractivity contribution in [3.8, 4) is 0 Å². The van der Waals surface area contributed by atoms with Crippen LogP contribution in [0, 0.1) is 39.9 Å². The van der Waals surface area contributed by atoms with Gasteiger partial charge in [0.25, 0.3) is 0 Å². The molecule has 0 bridgehead atoms. The Hall–Kier alpha value is -4.38. The Morgan fingerprint density at radius 3 is 0.900 bits per heavy atom. The Balaban J connectivity index is 0.000000163. The van der Waals surface area contributed by atoms with Gasteiger partial charge < -0.3 is 15.3 Å². The Bertz CT molecular complexity index is 1610. The van der Waals surface area contributed by atoms with Crippen molar-refractivity contribution in [3.05, 3.63) is 126 Å². The largest absolute Gasteiger partial charge is 0.477 e. The van der Waals surface area contributed by atoms with E-state index >= 15 is 0 Å². The summed E-state index contributed by atoms with van der Waals surface area (Å²) in [7, 11) is 0.